The fourth-order valence-electron chi connectivity index (χ4n) is 4.66. The van der Waals surface area contributed by atoms with E-state index in [0.717, 1.165) is 23.2 Å². The number of rotatable bonds is 6. The number of benzene rings is 2. The van der Waals surface area contributed by atoms with Crippen LogP contribution >= 0.6 is 0 Å². The highest BCUT2D eigenvalue weighted by molar-refractivity contribution is 6.00. The average molecular weight is 472 g/mol. The van der Waals surface area contributed by atoms with Crippen molar-refractivity contribution in [2.24, 2.45) is 11.1 Å². The molecule has 0 spiro atoms. The van der Waals surface area contributed by atoms with E-state index < -0.39 is 5.92 Å². The number of Topliss-reactive ketones (excluding diaryl/α,β-unsaturated/α-hetero) is 1. The number of para-hydroxylation sites is 1. The maximum Gasteiger partial charge on any atom is 0.262 e. The van der Waals surface area contributed by atoms with E-state index in [0.29, 0.717) is 29.9 Å². The Labute approximate surface area is 205 Å². The molecule has 2 aromatic rings. The molecule has 0 fully saturated rings. The van der Waals surface area contributed by atoms with Gasteiger partial charge in [0.25, 0.3) is 5.91 Å². The van der Waals surface area contributed by atoms with Crippen LogP contribution in [0.15, 0.2) is 71.3 Å². The Hall–Kier alpha value is -4.05. The molecule has 2 aromatic carbocycles. The zero-order valence-electron chi connectivity index (χ0n) is 20.2. The molecule has 4 rings (SSSR count). The lowest BCUT2D eigenvalue weighted by Crippen LogP contribution is -2.33. The number of anilines is 1. The molecule has 0 saturated heterocycles. The lowest BCUT2D eigenvalue weighted by atomic mass is 9.70. The van der Waals surface area contributed by atoms with E-state index in [1.807, 2.05) is 45.0 Å². The number of nitrogens with zero attached hydrogens (tertiary/aromatic N) is 1. The largest absolute Gasteiger partial charge is 0.484 e. The van der Waals surface area contributed by atoms with Gasteiger partial charge in [0.15, 0.2) is 12.4 Å². The van der Waals surface area contributed by atoms with Crippen molar-refractivity contribution in [2.75, 3.05) is 11.9 Å². The Kier molecular flexibility index (Phi) is 6.65. The van der Waals surface area contributed by atoms with Crippen LogP contribution in [-0.2, 0) is 20.7 Å². The van der Waals surface area contributed by atoms with Gasteiger partial charge < -0.3 is 20.5 Å². The van der Waals surface area contributed by atoms with Gasteiger partial charge in [-0.1, -0.05) is 51.1 Å². The van der Waals surface area contributed by atoms with E-state index in [9.17, 15) is 14.9 Å². The van der Waals surface area contributed by atoms with Crippen molar-refractivity contribution >= 4 is 17.4 Å². The van der Waals surface area contributed by atoms with Crippen LogP contribution in [0.5, 0.6) is 5.75 Å². The smallest absolute Gasteiger partial charge is 0.262 e. The third kappa shape index (κ3) is 5.07. The van der Waals surface area contributed by atoms with Crippen LogP contribution in [0.3, 0.4) is 0 Å². The number of allylic oxidation sites excluding steroid dienone is 3. The number of nitriles is 1. The molecule has 0 bridgehead atoms. The highest BCUT2D eigenvalue weighted by Crippen LogP contribution is 2.47. The minimum absolute atomic E-state index is 0.0334. The molecule has 1 heterocycles. The zero-order chi connectivity index (χ0) is 25.2. The van der Waals surface area contributed by atoms with Crippen LogP contribution in [-0.4, -0.2) is 18.3 Å². The van der Waals surface area contributed by atoms with Crippen molar-refractivity contribution in [3.63, 3.8) is 0 Å². The van der Waals surface area contributed by atoms with E-state index in [1.54, 1.807) is 24.3 Å². The van der Waals surface area contributed by atoms with Gasteiger partial charge in [0.05, 0.1) is 5.92 Å². The maximum absolute atomic E-state index is 13.1. The second kappa shape index (κ2) is 9.67. The van der Waals surface area contributed by atoms with Gasteiger partial charge in [-0.05, 0) is 41.2 Å². The summed E-state index contributed by atoms with van der Waals surface area (Å²) >= 11 is 0. The Morgan fingerprint density at radius 2 is 1.91 bits per heavy atom. The molecule has 1 amide bonds. The lowest BCUT2D eigenvalue weighted by Gasteiger charge is -2.37. The molecule has 0 saturated carbocycles. The third-order valence-electron chi connectivity index (χ3n) is 6.33. The number of ether oxygens (including phenoxy) is 2. The van der Waals surface area contributed by atoms with Gasteiger partial charge in [-0.3, -0.25) is 9.59 Å². The molecule has 0 radical (unpaired) electrons. The van der Waals surface area contributed by atoms with E-state index in [1.165, 1.54) is 0 Å². The van der Waals surface area contributed by atoms with Crippen LogP contribution in [0.4, 0.5) is 5.69 Å². The number of nitrogens with one attached hydrogen (secondary N) is 1. The van der Waals surface area contributed by atoms with Gasteiger partial charge in [-0.25, -0.2) is 0 Å². The minimum Gasteiger partial charge on any atom is -0.484 e. The summed E-state index contributed by atoms with van der Waals surface area (Å²) in [5.41, 5.74) is 9.12. The molecule has 1 unspecified atom stereocenters. The molecule has 3 N–H and O–H groups in total. The van der Waals surface area contributed by atoms with E-state index >= 15 is 0 Å². The number of hydrogen-bond donors (Lipinski definition) is 2. The van der Waals surface area contributed by atoms with Gasteiger partial charge >= 0.3 is 0 Å². The van der Waals surface area contributed by atoms with Gasteiger partial charge in [-0.2, -0.15) is 5.26 Å². The second-order valence-electron chi connectivity index (χ2n) is 9.62. The summed E-state index contributed by atoms with van der Waals surface area (Å²) in [4.78, 5) is 25.4. The zero-order valence-corrected chi connectivity index (χ0v) is 20.2. The summed E-state index contributed by atoms with van der Waals surface area (Å²) in [6, 6.07) is 16.8. The average Bonchev–Trinajstić information content (AvgIpc) is 2.82. The van der Waals surface area contributed by atoms with E-state index in [-0.39, 0.29) is 35.2 Å². The molecule has 35 heavy (non-hydrogen) atoms. The molecule has 180 valence electrons. The van der Waals surface area contributed by atoms with Crippen LogP contribution in [0, 0.1) is 16.7 Å². The van der Waals surface area contributed by atoms with Crippen molar-refractivity contribution in [3.05, 3.63) is 82.4 Å². The van der Waals surface area contributed by atoms with Crippen molar-refractivity contribution in [3.8, 4) is 11.8 Å². The summed E-state index contributed by atoms with van der Waals surface area (Å²) in [6.45, 7) is 5.91. The number of amides is 1. The molecule has 2 aliphatic rings. The number of ketones is 1. The SMILES string of the molecule is CCc1ccccc1NC(=O)COc1ccc(C2C(C#N)=C(N)OC3=C2C(=O)CC(C)(C)C3)cc1. The summed E-state index contributed by atoms with van der Waals surface area (Å²) in [7, 11) is 0. The van der Waals surface area contributed by atoms with Gasteiger partial charge in [0.1, 0.15) is 23.2 Å². The first-order valence-electron chi connectivity index (χ1n) is 11.7. The molecule has 7 nitrogen and oxygen atoms in total. The number of carbonyl (C=O) groups is 2. The second-order valence-corrected chi connectivity index (χ2v) is 9.62. The number of nitrogens with two attached hydrogens (primary N) is 1. The first-order valence-corrected chi connectivity index (χ1v) is 11.7. The van der Waals surface area contributed by atoms with Crippen LogP contribution in [0.25, 0.3) is 0 Å². The maximum atomic E-state index is 13.1. The van der Waals surface area contributed by atoms with Crippen molar-refractivity contribution in [2.45, 2.75) is 46.0 Å². The van der Waals surface area contributed by atoms with Crippen molar-refractivity contribution in [1.82, 2.24) is 0 Å². The standard InChI is InChI=1S/C28H29N3O4/c1-4-17-7-5-6-8-21(17)31-24(33)16-34-19-11-9-18(10-12-19)25-20(15-29)27(30)35-23-14-28(2,3)13-22(32)26(23)25/h5-12,25H,4,13-14,16,30H2,1-3H3,(H,31,33). The van der Waals surface area contributed by atoms with Crippen LogP contribution in [0.2, 0.25) is 0 Å². The fraction of sp³-hybridized carbons (Fsp3) is 0.321. The van der Waals surface area contributed by atoms with Gasteiger partial charge in [0, 0.05) is 24.1 Å². The number of carbonyl (C=O) groups excluding carboxylic acids is 2. The highest BCUT2D eigenvalue weighted by atomic mass is 16.5. The predicted molar refractivity (Wildman–Crippen MR) is 132 cm³/mol. The van der Waals surface area contributed by atoms with Crippen molar-refractivity contribution in [1.29, 1.82) is 5.26 Å². The van der Waals surface area contributed by atoms with Crippen molar-refractivity contribution < 1.29 is 19.1 Å². The Bertz CT molecular complexity index is 1270. The van der Waals surface area contributed by atoms with E-state index in [4.69, 9.17) is 15.2 Å². The van der Waals surface area contributed by atoms with Gasteiger partial charge in [-0.15, -0.1) is 0 Å². The quantitative estimate of drug-likeness (QED) is 0.630. The fourth-order valence-corrected chi connectivity index (χ4v) is 4.66. The molecule has 1 atom stereocenters. The third-order valence-corrected chi connectivity index (χ3v) is 6.33. The molecule has 1 aliphatic carbocycles. The summed E-state index contributed by atoms with van der Waals surface area (Å²) in [6.07, 6.45) is 1.76. The molecular weight excluding hydrogens is 442 g/mol. The molecule has 0 aromatic heterocycles. The highest BCUT2D eigenvalue weighted by Gasteiger charge is 2.42. The monoisotopic (exact) mass is 471 g/mol. The summed E-state index contributed by atoms with van der Waals surface area (Å²) < 4.78 is 11.4. The molecular formula is C28H29N3O4. The number of hydrogen-bond acceptors (Lipinski definition) is 6. The predicted octanol–water partition coefficient (Wildman–Crippen LogP) is 4.72. The van der Waals surface area contributed by atoms with Crippen LogP contribution in [0.1, 0.15) is 50.7 Å². The molecule has 1 aliphatic heterocycles. The Morgan fingerprint density at radius 1 is 1.20 bits per heavy atom. The first kappa shape index (κ1) is 24.1. The summed E-state index contributed by atoms with van der Waals surface area (Å²) in [5.74, 6) is 0.192. The lowest BCUT2D eigenvalue weighted by molar-refractivity contribution is -0.119. The number of aryl methyl sites for hydroxylation is 1. The summed E-state index contributed by atoms with van der Waals surface area (Å²) in [5, 5.41) is 12.6. The minimum atomic E-state index is -0.588. The Morgan fingerprint density at radius 3 is 2.60 bits per heavy atom. The topological polar surface area (TPSA) is 114 Å². The first-order chi connectivity index (χ1) is 16.7. The van der Waals surface area contributed by atoms with Crippen LogP contribution < -0.4 is 15.8 Å². The molecule has 7 heteroatoms. The normalized spacial score (nSPS) is 18.9. The Balaban J connectivity index is 1.50. The van der Waals surface area contributed by atoms with Gasteiger partial charge in [0.2, 0.25) is 5.88 Å². The van der Waals surface area contributed by atoms with E-state index in [2.05, 4.69) is 11.4 Å².